The third-order valence-corrected chi connectivity index (χ3v) is 3.49. The average Bonchev–Trinajstić information content (AvgIpc) is 2.49. The van der Waals surface area contributed by atoms with Gasteiger partial charge in [-0.05, 0) is 23.8 Å². The second-order valence-corrected chi connectivity index (χ2v) is 5.78. The predicted octanol–water partition coefficient (Wildman–Crippen LogP) is 1.78. The van der Waals surface area contributed by atoms with Crippen molar-refractivity contribution in [2.75, 3.05) is 24.6 Å². The van der Waals surface area contributed by atoms with Gasteiger partial charge in [-0.25, -0.2) is 0 Å². The standard InChI is InChI=1S/C11H23N3S/c1-4-15-6-5-10-7-13-11(12)14(10)8-9(2)3/h9-10H,4-8H2,1-3H3,(H2,12,13). The van der Waals surface area contributed by atoms with Crippen molar-refractivity contribution in [3.8, 4) is 0 Å². The number of aliphatic imine (C=N–C) groups is 1. The quantitative estimate of drug-likeness (QED) is 0.706. The van der Waals surface area contributed by atoms with Gasteiger partial charge in [-0.15, -0.1) is 0 Å². The van der Waals surface area contributed by atoms with E-state index in [4.69, 9.17) is 5.73 Å². The molecule has 1 aliphatic heterocycles. The van der Waals surface area contributed by atoms with Crippen LogP contribution in [0.4, 0.5) is 0 Å². The van der Waals surface area contributed by atoms with E-state index in [-0.39, 0.29) is 0 Å². The van der Waals surface area contributed by atoms with Crippen molar-refractivity contribution in [2.24, 2.45) is 16.6 Å². The van der Waals surface area contributed by atoms with E-state index in [0.29, 0.717) is 12.0 Å². The fourth-order valence-electron chi connectivity index (χ4n) is 1.82. The molecule has 0 fully saturated rings. The Morgan fingerprint density at radius 1 is 1.60 bits per heavy atom. The van der Waals surface area contributed by atoms with Crippen molar-refractivity contribution in [1.29, 1.82) is 0 Å². The van der Waals surface area contributed by atoms with Gasteiger partial charge in [0.25, 0.3) is 0 Å². The normalized spacial score (nSPS) is 21.2. The third kappa shape index (κ3) is 3.93. The van der Waals surface area contributed by atoms with Crippen LogP contribution in [0.15, 0.2) is 4.99 Å². The summed E-state index contributed by atoms with van der Waals surface area (Å²) in [4.78, 5) is 6.62. The fraction of sp³-hybridized carbons (Fsp3) is 0.909. The van der Waals surface area contributed by atoms with E-state index in [0.717, 1.165) is 19.0 Å². The first-order valence-electron chi connectivity index (χ1n) is 5.79. The van der Waals surface area contributed by atoms with Gasteiger partial charge in [0, 0.05) is 6.54 Å². The molecule has 0 saturated carbocycles. The Balaban J connectivity index is 2.37. The number of rotatable bonds is 6. The number of nitrogens with zero attached hydrogens (tertiary/aromatic N) is 2. The SMILES string of the molecule is CCSCCC1CN=C(N)N1CC(C)C. The minimum absolute atomic E-state index is 0.548. The zero-order valence-electron chi connectivity index (χ0n) is 10.1. The lowest BCUT2D eigenvalue weighted by Gasteiger charge is -2.27. The summed E-state index contributed by atoms with van der Waals surface area (Å²) < 4.78 is 0. The molecule has 1 aliphatic rings. The predicted molar refractivity (Wildman–Crippen MR) is 69.4 cm³/mol. The fourth-order valence-corrected chi connectivity index (χ4v) is 2.55. The maximum absolute atomic E-state index is 5.89. The molecule has 4 heteroatoms. The van der Waals surface area contributed by atoms with E-state index >= 15 is 0 Å². The molecule has 1 heterocycles. The zero-order chi connectivity index (χ0) is 11.3. The van der Waals surface area contributed by atoms with Gasteiger partial charge in [-0.1, -0.05) is 20.8 Å². The molecule has 0 aromatic carbocycles. The lowest BCUT2D eigenvalue weighted by molar-refractivity contribution is 0.299. The van der Waals surface area contributed by atoms with Gasteiger partial charge in [0.05, 0.1) is 12.6 Å². The Hall–Kier alpha value is -0.380. The summed E-state index contributed by atoms with van der Waals surface area (Å²) in [7, 11) is 0. The van der Waals surface area contributed by atoms with Crippen LogP contribution in [-0.2, 0) is 0 Å². The first kappa shape index (κ1) is 12.7. The monoisotopic (exact) mass is 229 g/mol. The largest absolute Gasteiger partial charge is 0.370 e. The highest BCUT2D eigenvalue weighted by atomic mass is 32.2. The van der Waals surface area contributed by atoms with E-state index in [1.54, 1.807) is 0 Å². The van der Waals surface area contributed by atoms with Crippen molar-refractivity contribution >= 4 is 17.7 Å². The molecule has 0 saturated heterocycles. The highest BCUT2D eigenvalue weighted by Gasteiger charge is 2.25. The Morgan fingerprint density at radius 3 is 2.93 bits per heavy atom. The first-order chi connectivity index (χ1) is 7.15. The number of nitrogens with two attached hydrogens (primary N) is 1. The van der Waals surface area contributed by atoms with Crippen LogP contribution in [0, 0.1) is 5.92 Å². The Bertz CT molecular complexity index is 216. The van der Waals surface area contributed by atoms with Crippen molar-refractivity contribution in [3.05, 3.63) is 0 Å². The number of hydrogen-bond donors (Lipinski definition) is 1. The van der Waals surface area contributed by atoms with Crippen LogP contribution >= 0.6 is 11.8 Å². The molecule has 0 bridgehead atoms. The molecule has 0 spiro atoms. The molecule has 15 heavy (non-hydrogen) atoms. The molecule has 0 aromatic heterocycles. The van der Waals surface area contributed by atoms with Crippen LogP contribution in [0.3, 0.4) is 0 Å². The van der Waals surface area contributed by atoms with Gasteiger partial charge in [0.2, 0.25) is 0 Å². The lowest BCUT2D eigenvalue weighted by Crippen LogP contribution is -2.43. The van der Waals surface area contributed by atoms with Crippen LogP contribution in [0.25, 0.3) is 0 Å². The van der Waals surface area contributed by atoms with Gasteiger partial charge >= 0.3 is 0 Å². The van der Waals surface area contributed by atoms with Gasteiger partial charge in [-0.3, -0.25) is 4.99 Å². The average molecular weight is 229 g/mol. The molecule has 2 N–H and O–H groups in total. The lowest BCUT2D eigenvalue weighted by atomic mass is 10.1. The Morgan fingerprint density at radius 2 is 2.33 bits per heavy atom. The Labute approximate surface area is 97.5 Å². The van der Waals surface area contributed by atoms with E-state index in [9.17, 15) is 0 Å². The second kappa shape index (κ2) is 6.26. The molecule has 0 aromatic rings. The van der Waals surface area contributed by atoms with E-state index in [1.165, 1.54) is 17.9 Å². The summed E-state index contributed by atoms with van der Waals surface area (Å²) in [5, 5.41) is 0. The zero-order valence-corrected chi connectivity index (χ0v) is 10.9. The minimum Gasteiger partial charge on any atom is -0.370 e. The molecule has 0 radical (unpaired) electrons. The van der Waals surface area contributed by atoms with E-state index in [1.807, 2.05) is 11.8 Å². The highest BCUT2D eigenvalue weighted by Crippen LogP contribution is 2.16. The van der Waals surface area contributed by atoms with Gasteiger partial charge in [0.15, 0.2) is 5.96 Å². The molecule has 0 aliphatic carbocycles. The van der Waals surface area contributed by atoms with Gasteiger partial charge in [0.1, 0.15) is 0 Å². The van der Waals surface area contributed by atoms with Gasteiger partial charge < -0.3 is 10.6 Å². The summed E-state index contributed by atoms with van der Waals surface area (Å²) >= 11 is 2.00. The molecular formula is C11H23N3S. The summed E-state index contributed by atoms with van der Waals surface area (Å²) in [5.74, 6) is 3.82. The topological polar surface area (TPSA) is 41.6 Å². The molecular weight excluding hydrogens is 206 g/mol. The Kier molecular flexibility index (Phi) is 5.29. The van der Waals surface area contributed by atoms with Crippen molar-refractivity contribution in [3.63, 3.8) is 0 Å². The smallest absolute Gasteiger partial charge is 0.191 e. The van der Waals surface area contributed by atoms with Crippen LogP contribution in [0.1, 0.15) is 27.2 Å². The number of hydrogen-bond acceptors (Lipinski definition) is 4. The van der Waals surface area contributed by atoms with Gasteiger partial charge in [-0.2, -0.15) is 11.8 Å². The van der Waals surface area contributed by atoms with E-state index < -0.39 is 0 Å². The van der Waals surface area contributed by atoms with Crippen LogP contribution in [-0.4, -0.2) is 41.5 Å². The maximum atomic E-state index is 5.89. The van der Waals surface area contributed by atoms with Crippen LogP contribution in [0.5, 0.6) is 0 Å². The van der Waals surface area contributed by atoms with Crippen molar-refractivity contribution in [2.45, 2.75) is 33.2 Å². The summed E-state index contributed by atoms with van der Waals surface area (Å²) in [6, 6.07) is 0.548. The number of guanidine groups is 1. The van der Waals surface area contributed by atoms with E-state index in [2.05, 4.69) is 30.7 Å². The third-order valence-electron chi connectivity index (χ3n) is 2.56. The first-order valence-corrected chi connectivity index (χ1v) is 6.95. The maximum Gasteiger partial charge on any atom is 0.191 e. The van der Waals surface area contributed by atoms with Crippen LogP contribution < -0.4 is 5.73 Å². The van der Waals surface area contributed by atoms with Crippen molar-refractivity contribution in [1.82, 2.24) is 4.90 Å². The summed E-state index contributed by atoms with van der Waals surface area (Å²) in [6.07, 6.45) is 1.20. The second-order valence-electron chi connectivity index (χ2n) is 4.38. The molecule has 3 nitrogen and oxygen atoms in total. The highest BCUT2D eigenvalue weighted by molar-refractivity contribution is 7.99. The number of thioether (sulfide) groups is 1. The summed E-state index contributed by atoms with van der Waals surface area (Å²) in [5.41, 5.74) is 5.89. The van der Waals surface area contributed by atoms with Crippen molar-refractivity contribution < 1.29 is 0 Å². The molecule has 88 valence electrons. The summed E-state index contributed by atoms with van der Waals surface area (Å²) in [6.45, 7) is 8.59. The minimum atomic E-state index is 0.548. The molecule has 0 amide bonds. The molecule has 1 atom stereocenters. The molecule has 1 rings (SSSR count). The van der Waals surface area contributed by atoms with Crippen LogP contribution in [0.2, 0.25) is 0 Å². The molecule has 1 unspecified atom stereocenters.